The number of primary amides is 2. The maximum Gasteiger partial charge on any atom is 0.232 e. The first-order chi connectivity index (χ1) is 14.4. The zero-order chi connectivity index (χ0) is 21.1. The summed E-state index contributed by atoms with van der Waals surface area (Å²) < 4.78 is 0.495. The number of nitrogens with two attached hydrogens (primary N) is 2. The maximum atomic E-state index is 13.3. The first kappa shape index (κ1) is 20.5. The minimum Gasteiger partial charge on any atom is -0.369 e. The van der Waals surface area contributed by atoms with Crippen LogP contribution in [0.15, 0.2) is 18.3 Å². The highest BCUT2D eigenvalue weighted by atomic mass is 35.5. The Morgan fingerprint density at radius 2 is 1.83 bits per heavy atom. The van der Waals surface area contributed by atoms with Gasteiger partial charge < -0.3 is 16.4 Å². The monoisotopic (exact) mass is 448 g/mol. The van der Waals surface area contributed by atoms with Crippen molar-refractivity contribution in [2.75, 3.05) is 19.6 Å². The second-order valence-electron chi connectivity index (χ2n) is 9.56. The van der Waals surface area contributed by atoms with Gasteiger partial charge in [-0.25, -0.2) is 4.98 Å². The molecule has 8 heteroatoms. The summed E-state index contributed by atoms with van der Waals surface area (Å²) in [6, 6.07) is 0. The molecule has 2 heterocycles. The zero-order valence-electron chi connectivity index (χ0n) is 17.1. The van der Waals surface area contributed by atoms with Crippen LogP contribution in [-0.4, -0.2) is 41.3 Å². The van der Waals surface area contributed by atoms with Crippen molar-refractivity contribution >= 4 is 34.8 Å². The number of thiazole rings is 1. The molecule has 0 aromatic carbocycles. The Bertz CT molecular complexity index is 907. The molecule has 1 aromatic heterocycles. The van der Waals surface area contributed by atoms with Gasteiger partial charge in [0.25, 0.3) is 0 Å². The first-order valence-corrected chi connectivity index (χ1v) is 12.2. The van der Waals surface area contributed by atoms with Gasteiger partial charge in [0.2, 0.25) is 11.8 Å². The second kappa shape index (κ2) is 7.04. The predicted molar refractivity (Wildman–Crippen MR) is 117 cm³/mol. The Kier molecular flexibility index (Phi) is 4.80. The molecule has 0 radical (unpaired) electrons. The van der Waals surface area contributed by atoms with Gasteiger partial charge in [-0.1, -0.05) is 30.2 Å². The number of nitrogens with zero attached hydrogens (tertiary/aromatic N) is 2. The summed E-state index contributed by atoms with van der Waals surface area (Å²) in [5.74, 6) is -1.11. The van der Waals surface area contributed by atoms with Crippen LogP contribution in [0.1, 0.15) is 50.0 Å². The number of halogens is 1. The minimum atomic E-state index is -1.21. The Balaban J connectivity index is 1.55. The standard InChI is InChI=1S/C22H29ClN4O2S/c23-16-13-26-19(30-16)22(18(25)29)15-6-5-14(20(15)8-9-20)21(22,17(24)28)7-1-2-10-27-11-3-4-12-27/h5-6,13-15H,1-4,7-12H2,(H2,24,28)(H2,25,29)/t14-,15+,21+,22-/m1/s1. The minimum absolute atomic E-state index is 0.0607. The van der Waals surface area contributed by atoms with Crippen molar-refractivity contribution in [1.82, 2.24) is 9.88 Å². The van der Waals surface area contributed by atoms with Gasteiger partial charge in [0.15, 0.2) is 0 Å². The van der Waals surface area contributed by atoms with Crippen LogP contribution in [0.2, 0.25) is 4.34 Å². The number of rotatable bonds is 8. The van der Waals surface area contributed by atoms with Gasteiger partial charge in [0.1, 0.15) is 14.8 Å². The molecule has 2 bridgehead atoms. The van der Waals surface area contributed by atoms with Crippen LogP contribution >= 0.6 is 22.9 Å². The van der Waals surface area contributed by atoms with Crippen molar-refractivity contribution < 1.29 is 9.59 Å². The molecule has 30 heavy (non-hydrogen) atoms. The molecule has 1 spiro atoms. The van der Waals surface area contributed by atoms with Crippen molar-refractivity contribution in [2.24, 2.45) is 34.1 Å². The highest BCUT2D eigenvalue weighted by Crippen LogP contribution is 2.80. The summed E-state index contributed by atoms with van der Waals surface area (Å²) in [7, 11) is 0. The van der Waals surface area contributed by atoms with Crippen LogP contribution in [0.25, 0.3) is 0 Å². The lowest BCUT2D eigenvalue weighted by Crippen LogP contribution is -2.62. The molecule has 162 valence electrons. The third-order valence-corrected chi connectivity index (χ3v) is 9.65. The van der Waals surface area contributed by atoms with Crippen LogP contribution in [0.3, 0.4) is 0 Å². The van der Waals surface area contributed by atoms with Crippen LogP contribution < -0.4 is 11.5 Å². The molecule has 1 saturated heterocycles. The normalized spacial score (nSPS) is 36.0. The fourth-order valence-electron chi connectivity index (χ4n) is 7.13. The molecule has 1 aromatic rings. The summed E-state index contributed by atoms with van der Waals surface area (Å²) in [4.78, 5) is 33.6. The van der Waals surface area contributed by atoms with E-state index in [2.05, 4.69) is 22.0 Å². The van der Waals surface area contributed by atoms with Gasteiger partial charge in [0, 0.05) is 5.92 Å². The average Bonchev–Trinajstić information content (AvgIpc) is 3.04. The average molecular weight is 449 g/mol. The Labute approximate surface area is 186 Å². The van der Waals surface area contributed by atoms with Crippen molar-refractivity contribution in [1.29, 1.82) is 0 Å². The molecule has 0 unspecified atom stereocenters. The van der Waals surface area contributed by atoms with Crippen molar-refractivity contribution in [3.05, 3.63) is 27.7 Å². The van der Waals surface area contributed by atoms with Gasteiger partial charge in [-0.15, -0.1) is 11.3 Å². The largest absolute Gasteiger partial charge is 0.369 e. The van der Waals surface area contributed by atoms with Gasteiger partial charge in [-0.2, -0.15) is 0 Å². The number of carbonyl (C=O) groups excluding carboxylic acids is 2. The summed E-state index contributed by atoms with van der Waals surface area (Å²) >= 11 is 7.49. The van der Waals surface area contributed by atoms with Crippen LogP contribution in [0.5, 0.6) is 0 Å². The molecule has 4 N–H and O–H groups in total. The lowest BCUT2D eigenvalue weighted by Gasteiger charge is -2.46. The summed E-state index contributed by atoms with van der Waals surface area (Å²) in [5, 5.41) is 0.557. The summed E-state index contributed by atoms with van der Waals surface area (Å²) in [6.07, 6.45) is 12.7. The smallest absolute Gasteiger partial charge is 0.232 e. The van der Waals surface area contributed by atoms with E-state index in [9.17, 15) is 9.59 Å². The van der Waals surface area contributed by atoms with Crippen molar-refractivity contribution in [3.8, 4) is 0 Å². The van der Waals surface area contributed by atoms with E-state index in [1.54, 1.807) is 6.20 Å². The molecule has 4 atom stereocenters. The first-order valence-electron chi connectivity index (χ1n) is 11.0. The van der Waals surface area contributed by atoms with Gasteiger partial charge in [-0.3, -0.25) is 9.59 Å². The summed E-state index contributed by atoms with van der Waals surface area (Å²) in [6.45, 7) is 3.33. The molecule has 3 fully saturated rings. The van der Waals surface area contributed by atoms with Gasteiger partial charge in [-0.05, 0) is 69.5 Å². The van der Waals surface area contributed by atoms with E-state index >= 15 is 0 Å². The molecule has 3 aliphatic carbocycles. The second-order valence-corrected chi connectivity index (χ2v) is 11.2. The van der Waals surface area contributed by atoms with E-state index in [1.807, 2.05) is 0 Å². The van der Waals surface area contributed by atoms with E-state index in [-0.39, 0.29) is 17.3 Å². The number of likely N-dealkylation sites (tertiary alicyclic amines) is 1. The third kappa shape index (κ3) is 2.49. The van der Waals surface area contributed by atoms with E-state index in [0.717, 1.165) is 45.3 Å². The van der Waals surface area contributed by atoms with E-state index in [1.165, 1.54) is 24.2 Å². The highest BCUT2D eigenvalue weighted by molar-refractivity contribution is 7.16. The fourth-order valence-corrected chi connectivity index (χ4v) is 8.36. The Morgan fingerprint density at radius 1 is 1.13 bits per heavy atom. The fraction of sp³-hybridized carbons (Fsp3) is 0.682. The number of hydrogen-bond acceptors (Lipinski definition) is 5. The topological polar surface area (TPSA) is 102 Å². The van der Waals surface area contributed by atoms with E-state index in [4.69, 9.17) is 23.1 Å². The number of carbonyl (C=O) groups is 2. The van der Waals surface area contributed by atoms with Gasteiger partial charge >= 0.3 is 0 Å². The number of unbranched alkanes of at least 4 members (excludes halogenated alkanes) is 1. The lowest BCUT2D eigenvalue weighted by molar-refractivity contribution is -0.143. The molecule has 5 rings (SSSR count). The van der Waals surface area contributed by atoms with Crippen molar-refractivity contribution in [2.45, 2.75) is 50.4 Å². The molecule has 6 nitrogen and oxygen atoms in total. The van der Waals surface area contributed by atoms with Crippen LogP contribution in [0, 0.1) is 22.7 Å². The van der Waals surface area contributed by atoms with Crippen LogP contribution in [0.4, 0.5) is 0 Å². The zero-order valence-corrected chi connectivity index (χ0v) is 18.7. The number of amides is 2. The number of hydrogen-bond donors (Lipinski definition) is 2. The molecule has 2 amide bonds. The molecule has 1 aliphatic heterocycles. The number of allylic oxidation sites excluding steroid dienone is 2. The maximum absolute atomic E-state index is 13.3. The SMILES string of the molecule is NC(=O)[C@]1(CCCCN2CCCC2)[C@@H]2C=C[C@@H](C23CC3)[C@@]1(C(N)=O)c1ncc(Cl)s1. The van der Waals surface area contributed by atoms with Gasteiger partial charge in [0.05, 0.1) is 11.6 Å². The molecular weight excluding hydrogens is 420 g/mol. The lowest BCUT2D eigenvalue weighted by atomic mass is 9.55. The third-order valence-electron chi connectivity index (χ3n) is 8.40. The summed E-state index contributed by atoms with van der Waals surface area (Å²) in [5.41, 5.74) is 10.0. The highest BCUT2D eigenvalue weighted by Gasteiger charge is 2.83. The Hall–Kier alpha value is -1.44. The van der Waals surface area contributed by atoms with E-state index < -0.39 is 22.6 Å². The number of aromatic nitrogens is 1. The van der Waals surface area contributed by atoms with Crippen molar-refractivity contribution in [3.63, 3.8) is 0 Å². The van der Waals surface area contributed by atoms with Crippen LogP contribution in [-0.2, 0) is 15.0 Å². The Morgan fingerprint density at radius 3 is 2.40 bits per heavy atom. The molecule has 4 aliphatic rings. The van der Waals surface area contributed by atoms with E-state index in [0.29, 0.717) is 15.8 Å². The molecular formula is C22H29ClN4O2S. The predicted octanol–water partition coefficient (Wildman–Crippen LogP) is 2.85. The molecule has 2 saturated carbocycles. The quantitative estimate of drug-likeness (QED) is 0.471.